The Bertz CT molecular complexity index is 886. The average Bonchev–Trinajstić information content (AvgIpc) is 3.55. The first kappa shape index (κ1) is 18.8. The Labute approximate surface area is 164 Å². The summed E-state index contributed by atoms with van der Waals surface area (Å²) in [6, 6.07) is 6.02. The van der Waals surface area contributed by atoms with Crippen molar-refractivity contribution in [2.75, 3.05) is 32.8 Å². The summed E-state index contributed by atoms with van der Waals surface area (Å²) in [5.74, 6) is -0.306. The number of hydrogen-bond acceptors (Lipinski definition) is 5. The van der Waals surface area contributed by atoms with Gasteiger partial charge >= 0.3 is 0 Å². The minimum absolute atomic E-state index is 0.00349. The number of amides is 1. The van der Waals surface area contributed by atoms with Crippen LogP contribution in [0.2, 0.25) is 0 Å². The molecule has 2 aromatic rings. The molecule has 1 atom stereocenters. The number of rotatable bonds is 6. The van der Waals surface area contributed by atoms with Gasteiger partial charge in [-0.1, -0.05) is 6.07 Å². The Morgan fingerprint density at radius 3 is 2.79 bits per heavy atom. The van der Waals surface area contributed by atoms with Crippen LogP contribution in [-0.2, 0) is 4.74 Å². The number of aryl methyl sites for hydroxylation is 1. The number of aromatic nitrogens is 2. The van der Waals surface area contributed by atoms with Gasteiger partial charge in [-0.3, -0.25) is 19.5 Å². The molecule has 0 aromatic carbocycles. The first-order valence-corrected chi connectivity index (χ1v) is 9.87. The van der Waals surface area contributed by atoms with Gasteiger partial charge in [0.15, 0.2) is 0 Å². The van der Waals surface area contributed by atoms with Crippen molar-refractivity contribution >= 4 is 5.91 Å². The number of nitrogens with one attached hydrogen (secondary N) is 1. The molecular formula is C21H26N4O3. The standard InChI is InChI=1S/C21H26N4O3/c1-15-6-8-25(17-4-5-17)21(27)19(15)20(26)23-14-18(16-3-2-7-22-13-16)24-9-11-28-12-10-24/h2-3,6-8,13,17-18H,4-5,9-12,14H2,1H3,(H,23,26). The van der Waals surface area contributed by atoms with Crippen LogP contribution in [0.25, 0.3) is 0 Å². The Morgan fingerprint density at radius 2 is 2.11 bits per heavy atom. The van der Waals surface area contributed by atoms with Crippen molar-refractivity contribution in [1.82, 2.24) is 19.8 Å². The molecule has 7 heteroatoms. The second-order valence-corrected chi connectivity index (χ2v) is 7.48. The Hall–Kier alpha value is -2.51. The molecule has 2 fully saturated rings. The average molecular weight is 382 g/mol. The number of carbonyl (C=O) groups excluding carboxylic acids is 1. The second-order valence-electron chi connectivity index (χ2n) is 7.48. The summed E-state index contributed by atoms with van der Waals surface area (Å²) in [5, 5.41) is 3.00. The Balaban J connectivity index is 1.53. The molecule has 1 aliphatic heterocycles. The number of ether oxygens (including phenoxy) is 1. The first-order chi connectivity index (χ1) is 13.6. The third-order valence-corrected chi connectivity index (χ3v) is 5.51. The van der Waals surface area contributed by atoms with E-state index in [0.29, 0.717) is 25.3 Å². The fourth-order valence-corrected chi connectivity index (χ4v) is 3.76. The molecule has 2 aliphatic rings. The van der Waals surface area contributed by atoms with Gasteiger partial charge in [0.2, 0.25) is 0 Å². The van der Waals surface area contributed by atoms with E-state index in [1.165, 1.54) is 0 Å². The topological polar surface area (TPSA) is 76.5 Å². The lowest BCUT2D eigenvalue weighted by Gasteiger charge is -2.34. The largest absolute Gasteiger partial charge is 0.379 e. The number of pyridine rings is 2. The number of hydrogen-bond donors (Lipinski definition) is 1. The molecule has 1 unspecified atom stereocenters. The number of carbonyl (C=O) groups is 1. The molecule has 1 aliphatic carbocycles. The van der Waals surface area contributed by atoms with Crippen molar-refractivity contribution in [2.45, 2.75) is 31.8 Å². The molecule has 28 heavy (non-hydrogen) atoms. The van der Waals surface area contributed by atoms with Crippen molar-refractivity contribution in [3.63, 3.8) is 0 Å². The molecule has 0 radical (unpaired) electrons. The maximum Gasteiger partial charge on any atom is 0.263 e. The molecule has 1 saturated heterocycles. The van der Waals surface area contributed by atoms with Gasteiger partial charge in [-0.25, -0.2) is 0 Å². The summed E-state index contributed by atoms with van der Waals surface area (Å²) in [6.45, 7) is 5.18. The molecule has 7 nitrogen and oxygen atoms in total. The van der Waals surface area contributed by atoms with Gasteiger partial charge in [-0.05, 0) is 43.0 Å². The normalized spacial score (nSPS) is 18.6. The van der Waals surface area contributed by atoms with Gasteiger partial charge in [-0.2, -0.15) is 0 Å². The van der Waals surface area contributed by atoms with Gasteiger partial charge in [0.1, 0.15) is 5.56 Å². The Kier molecular flexibility index (Phi) is 5.54. The molecule has 2 aromatic heterocycles. The monoisotopic (exact) mass is 382 g/mol. The highest BCUT2D eigenvalue weighted by Crippen LogP contribution is 2.33. The van der Waals surface area contributed by atoms with Gasteiger partial charge in [0.05, 0.1) is 19.3 Å². The quantitative estimate of drug-likeness (QED) is 0.823. The molecular weight excluding hydrogens is 356 g/mol. The molecule has 1 saturated carbocycles. The van der Waals surface area contributed by atoms with Crippen molar-refractivity contribution in [2.24, 2.45) is 0 Å². The zero-order chi connectivity index (χ0) is 19.5. The first-order valence-electron chi connectivity index (χ1n) is 9.87. The summed E-state index contributed by atoms with van der Waals surface area (Å²) >= 11 is 0. The van der Waals surface area contributed by atoms with E-state index in [1.807, 2.05) is 31.3 Å². The molecule has 0 bridgehead atoms. The van der Waals surface area contributed by atoms with Crippen molar-refractivity contribution in [1.29, 1.82) is 0 Å². The lowest BCUT2D eigenvalue weighted by molar-refractivity contribution is 0.0161. The highest BCUT2D eigenvalue weighted by Gasteiger charge is 2.28. The molecule has 1 N–H and O–H groups in total. The number of morpholine rings is 1. The van der Waals surface area contributed by atoms with Crippen molar-refractivity contribution < 1.29 is 9.53 Å². The summed E-state index contributed by atoms with van der Waals surface area (Å²) in [4.78, 5) is 32.2. The van der Waals surface area contributed by atoms with Crippen LogP contribution >= 0.6 is 0 Å². The van der Waals surface area contributed by atoms with Crippen LogP contribution in [0.5, 0.6) is 0 Å². The van der Waals surface area contributed by atoms with Gasteiger partial charge < -0.3 is 14.6 Å². The van der Waals surface area contributed by atoms with E-state index < -0.39 is 0 Å². The van der Waals surface area contributed by atoms with Crippen LogP contribution in [0.3, 0.4) is 0 Å². The molecule has 4 rings (SSSR count). The Morgan fingerprint density at radius 1 is 1.32 bits per heavy atom. The van der Waals surface area contributed by atoms with Gasteiger partial charge in [0, 0.05) is 44.3 Å². The fourth-order valence-electron chi connectivity index (χ4n) is 3.76. The maximum absolute atomic E-state index is 12.9. The van der Waals surface area contributed by atoms with E-state index in [0.717, 1.165) is 31.5 Å². The van der Waals surface area contributed by atoms with E-state index in [2.05, 4.69) is 15.2 Å². The van der Waals surface area contributed by atoms with Gasteiger partial charge in [0.25, 0.3) is 11.5 Å². The van der Waals surface area contributed by atoms with Crippen molar-refractivity contribution in [3.05, 3.63) is 63.8 Å². The predicted molar refractivity (Wildman–Crippen MR) is 105 cm³/mol. The number of nitrogens with zero attached hydrogens (tertiary/aromatic N) is 3. The molecule has 1 amide bonds. The van der Waals surface area contributed by atoms with Crippen LogP contribution < -0.4 is 10.9 Å². The summed E-state index contributed by atoms with van der Waals surface area (Å²) in [6.07, 6.45) is 7.39. The highest BCUT2D eigenvalue weighted by molar-refractivity contribution is 5.95. The predicted octanol–water partition coefficient (Wildman–Crippen LogP) is 1.69. The summed E-state index contributed by atoms with van der Waals surface area (Å²) < 4.78 is 7.16. The highest BCUT2D eigenvalue weighted by atomic mass is 16.5. The maximum atomic E-state index is 12.9. The van der Waals surface area contributed by atoms with Gasteiger partial charge in [-0.15, -0.1) is 0 Å². The van der Waals surface area contributed by atoms with Crippen LogP contribution in [0.4, 0.5) is 0 Å². The third kappa shape index (κ3) is 4.00. The van der Waals surface area contributed by atoms with Crippen LogP contribution in [0.15, 0.2) is 41.6 Å². The zero-order valence-electron chi connectivity index (χ0n) is 16.1. The zero-order valence-corrected chi connectivity index (χ0v) is 16.1. The smallest absolute Gasteiger partial charge is 0.263 e. The van der Waals surface area contributed by atoms with E-state index in [-0.39, 0.29) is 29.1 Å². The molecule has 3 heterocycles. The SMILES string of the molecule is Cc1ccn(C2CC2)c(=O)c1C(=O)NCC(c1cccnc1)N1CCOCC1. The lowest BCUT2D eigenvalue weighted by Crippen LogP contribution is -2.44. The van der Waals surface area contributed by atoms with E-state index in [4.69, 9.17) is 4.74 Å². The van der Waals surface area contributed by atoms with Crippen LogP contribution in [0, 0.1) is 6.92 Å². The minimum Gasteiger partial charge on any atom is -0.379 e. The molecule has 0 spiro atoms. The van der Waals surface area contributed by atoms with E-state index >= 15 is 0 Å². The van der Waals surface area contributed by atoms with E-state index in [1.54, 1.807) is 17.0 Å². The van der Waals surface area contributed by atoms with Crippen LogP contribution in [0.1, 0.15) is 46.4 Å². The second kappa shape index (κ2) is 8.24. The fraction of sp³-hybridized carbons (Fsp3) is 0.476. The summed E-state index contributed by atoms with van der Waals surface area (Å²) in [5.41, 5.74) is 1.82. The third-order valence-electron chi connectivity index (χ3n) is 5.51. The summed E-state index contributed by atoms with van der Waals surface area (Å²) in [7, 11) is 0. The lowest BCUT2D eigenvalue weighted by atomic mass is 10.1. The van der Waals surface area contributed by atoms with E-state index in [9.17, 15) is 9.59 Å². The molecule has 148 valence electrons. The minimum atomic E-state index is -0.306. The van der Waals surface area contributed by atoms with Crippen LogP contribution in [-0.4, -0.2) is 53.2 Å². The van der Waals surface area contributed by atoms with Crippen molar-refractivity contribution in [3.8, 4) is 0 Å².